The molecule has 0 amide bonds. The summed E-state index contributed by atoms with van der Waals surface area (Å²) >= 11 is 4.98. The molecule has 2 heterocycles. The fourth-order valence-electron chi connectivity index (χ4n) is 2.41. The number of hydrogen-bond acceptors (Lipinski definition) is 3. The Bertz CT molecular complexity index is 436. The van der Waals surface area contributed by atoms with Gasteiger partial charge in [-0.05, 0) is 30.4 Å². The van der Waals surface area contributed by atoms with E-state index in [1.165, 1.54) is 24.9 Å². The van der Waals surface area contributed by atoms with Crippen molar-refractivity contribution in [2.75, 3.05) is 18.0 Å². The summed E-state index contributed by atoms with van der Waals surface area (Å²) in [5.74, 6) is 0. The number of piperidine rings is 1. The molecule has 1 aromatic rings. The summed E-state index contributed by atoms with van der Waals surface area (Å²) in [6.45, 7) is 6.88. The molecule has 0 unspecified atom stereocenters. The topological polar surface area (TPSA) is 42.2 Å². The summed E-state index contributed by atoms with van der Waals surface area (Å²) in [5, 5.41) is 0. The highest BCUT2D eigenvalue weighted by Crippen LogP contribution is 2.35. The minimum absolute atomic E-state index is 0.368. The average molecular weight is 263 g/mol. The van der Waals surface area contributed by atoms with Crippen LogP contribution in [0, 0.1) is 5.41 Å². The lowest BCUT2D eigenvalue weighted by atomic mass is 9.78. The maximum absolute atomic E-state index is 5.63. The van der Waals surface area contributed by atoms with Gasteiger partial charge in [0, 0.05) is 25.0 Å². The van der Waals surface area contributed by atoms with Crippen LogP contribution >= 0.6 is 12.2 Å². The Labute approximate surface area is 114 Å². The minimum Gasteiger partial charge on any atom is -0.388 e. The molecular weight excluding hydrogens is 242 g/mol. The van der Waals surface area contributed by atoms with Gasteiger partial charge < -0.3 is 10.6 Å². The number of hydrogen-bond donors (Lipinski definition) is 1. The van der Waals surface area contributed by atoms with Crippen molar-refractivity contribution in [3.63, 3.8) is 0 Å². The largest absolute Gasteiger partial charge is 0.388 e. The Morgan fingerprint density at radius 3 is 2.72 bits per heavy atom. The van der Waals surface area contributed by atoms with E-state index in [1.54, 1.807) is 6.20 Å². The molecule has 1 saturated heterocycles. The molecule has 1 aliphatic heterocycles. The zero-order valence-electron chi connectivity index (χ0n) is 11.1. The normalized spacial score (nSPS) is 18.7. The summed E-state index contributed by atoms with van der Waals surface area (Å²) in [6.07, 6.45) is 5.54. The van der Waals surface area contributed by atoms with Gasteiger partial charge in [0.05, 0.1) is 5.69 Å². The van der Waals surface area contributed by atoms with E-state index in [0.717, 1.165) is 13.1 Å². The average Bonchev–Trinajstić information content (AvgIpc) is 2.40. The first-order chi connectivity index (χ1) is 8.54. The molecule has 2 N–H and O–H groups in total. The van der Waals surface area contributed by atoms with Gasteiger partial charge in [-0.25, -0.2) is 0 Å². The van der Waals surface area contributed by atoms with Crippen molar-refractivity contribution in [3.8, 4) is 0 Å². The summed E-state index contributed by atoms with van der Waals surface area (Å²) < 4.78 is 0. The van der Waals surface area contributed by atoms with Gasteiger partial charge in [-0.3, -0.25) is 4.98 Å². The van der Waals surface area contributed by atoms with Crippen molar-refractivity contribution in [2.45, 2.75) is 33.1 Å². The van der Waals surface area contributed by atoms with E-state index in [1.807, 2.05) is 12.1 Å². The molecule has 0 radical (unpaired) electrons. The lowest BCUT2D eigenvalue weighted by molar-refractivity contribution is 0.238. The smallest absolute Gasteiger partial charge is 0.122 e. The van der Waals surface area contributed by atoms with Gasteiger partial charge in [-0.1, -0.05) is 32.5 Å². The third kappa shape index (κ3) is 2.80. The van der Waals surface area contributed by atoms with Crippen LogP contribution in [0.3, 0.4) is 0 Å². The van der Waals surface area contributed by atoms with Crippen LogP contribution in [0.4, 0.5) is 5.69 Å². The van der Waals surface area contributed by atoms with E-state index >= 15 is 0 Å². The van der Waals surface area contributed by atoms with Crippen molar-refractivity contribution in [1.29, 1.82) is 0 Å². The van der Waals surface area contributed by atoms with Crippen molar-refractivity contribution < 1.29 is 0 Å². The van der Waals surface area contributed by atoms with Crippen LogP contribution in [-0.4, -0.2) is 23.1 Å². The zero-order chi connectivity index (χ0) is 13.2. The quantitative estimate of drug-likeness (QED) is 0.852. The van der Waals surface area contributed by atoms with Gasteiger partial charge in [0.2, 0.25) is 0 Å². The van der Waals surface area contributed by atoms with E-state index in [2.05, 4.69) is 23.7 Å². The predicted molar refractivity (Wildman–Crippen MR) is 80.0 cm³/mol. The van der Waals surface area contributed by atoms with Gasteiger partial charge in [0.15, 0.2) is 0 Å². The molecule has 1 fully saturated rings. The predicted octanol–water partition coefficient (Wildman–Crippen LogP) is 2.73. The molecule has 1 aliphatic rings. The molecule has 98 valence electrons. The fraction of sp³-hybridized carbons (Fsp3) is 0.571. The Morgan fingerprint density at radius 1 is 1.50 bits per heavy atom. The second-order valence-corrected chi connectivity index (χ2v) is 5.85. The van der Waals surface area contributed by atoms with E-state index in [-0.39, 0.29) is 0 Å². The third-order valence-corrected chi connectivity index (χ3v) is 4.39. The standard InChI is InChI=1S/C14H21N3S/c1-3-14(2)5-8-17(9-6-14)11-4-7-16-12(10-11)13(15)18/h4,7,10H,3,5-6,8-9H2,1-2H3,(H2,15,18). The molecule has 0 bridgehead atoms. The van der Waals surface area contributed by atoms with Crippen LogP contribution < -0.4 is 10.6 Å². The summed E-state index contributed by atoms with van der Waals surface area (Å²) in [6, 6.07) is 4.04. The zero-order valence-corrected chi connectivity index (χ0v) is 12.0. The monoisotopic (exact) mass is 263 g/mol. The number of pyridine rings is 1. The first-order valence-corrected chi connectivity index (χ1v) is 6.96. The van der Waals surface area contributed by atoms with Gasteiger partial charge in [-0.2, -0.15) is 0 Å². The molecule has 0 atom stereocenters. The fourth-order valence-corrected chi connectivity index (χ4v) is 2.52. The van der Waals surface area contributed by atoms with Crippen molar-refractivity contribution in [2.24, 2.45) is 11.1 Å². The van der Waals surface area contributed by atoms with Crippen molar-refractivity contribution in [3.05, 3.63) is 24.0 Å². The molecular formula is C14H21N3S. The van der Waals surface area contributed by atoms with Gasteiger partial charge in [0.25, 0.3) is 0 Å². The Kier molecular flexibility index (Phi) is 3.85. The van der Waals surface area contributed by atoms with Crippen LogP contribution in [0.2, 0.25) is 0 Å². The summed E-state index contributed by atoms with van der Waals surface area (Å²) in [5.41, 5.74) is 8.04. The Hall–Kier alpha value is -1.16. The molecule has 0 spiro atoms. The molecule has 0 aromatic carbocycles. The first kappa shape index (κ1) is 13.3. The van der Waals surface area contributed by atoms with Gasteiger partial charge in [0.1, 0.15) is 4.99 Å². The minimum atomic E-state index is 0.368. The maximum Gasteiger partial charge on any atom is 0.122 e. The van der Waals surface area contributed by atoms with Crippen LogP contribution in [-0.2, 0) is 0 Å². The van der Waals surface area contributed by atoms with Gasteiger partial charge in [-0.15, -0.1) is 0 Å². The summed E-state index contributed by atoms with van der Waals surface area (Å²) in [4.78, 5) is 6.96. The maximum atomic E-state index is 5.63. The highest BCUT2D eigenvalue weighted by molar-refractivity contribution is 7.80. The molecule has 0 aliphatic carbocycles. The van der Waals surface area contributed by atoms with Crippen molar-refractivity contribution in [1.82, 2.24) is 4.98 Å². The van der Waals surface area contributed by atoms with E-state index < -0.39 is 0 Å². The lowest BCUT2D eigenvalue weighted by Crippen LogP contribution is -2.38. The van der Waals surface area contributed by atoms with Crippen LogP contribution in [0.5, 0.6) is 0 Å². The number of aromatic nitrogens is 1. The van der Waals surface area contributed by atoms with E-state index in [9.17, 15) is 0 Å². The molecule has 1 aromatic heterocycles. The Balaban J connectivity index is 2.10. The van der Waals surface area contributed by atoms with E-state index in [4.69, 9.17) is 18.0 Å². The lowest BCUT2D eigenvalue weighted by Gasteiger charge is -2.40. The van der Waals surface area contributed by atoms with Crippen LogP contribution in [0.25, 0.3) is 0 Å². The Morgan fingerprint density at radius 2 is 2.17 bits per heavy atom. The number of anilines is 1. The first-order valence-electron chi connectivity index (χ1n) is 6.55. The third-order valence-electron chi connectivity index (χ3n) is 4.19. The number of nitrogens with zero attached hydrogens (tertiary/aromatic N) is 2. The highest BCUT2D eigenvalue weighted by Gasteiger charge is 2.28. The molecule has 0 saturated carbocycles. The number of nitrogens with two attached hydrogens (primary N) is 1. The molecule has 4 heteroatoms. The van der Waals surface area contributed by atoms with Crippen LogP contribution in [0.15, 0.2) is 18.3 Å². The van der Waals surface area contributed by atoms with Gasteiger partial charge >= 0.3 is 0 Å². The van der Waals surface area contributed by atoms with Crippen LogP contribution in [0.1, 0.15) is 38.8 Å². The van der Waals surface area contributed by atoms with Crippen molar-refractivity contribution >= 4 is 22.9 Å². The van der Waals surface area contributed by atoms with E-state index in [0.29, 0.717) is 16.1 Å². The number of thiocarbonyl (C=S) groups is 1. The second kappa shape index (κ2) is 5.22. The number of rotatable bonds is 3. The summed E-state index contributed by atoms with van der Waals surface area (Å²) in [7, 11) is 0. The second-order valence-electron chi connectivity index (χ2n) is 5.41. The highest BCUT2D eigenvalue weighted by atomic mass is 32.1. The SMILES string of the molecule is CCC1(C)CCN(c2ccnc(C(N)=S)c2)CC1. The molecule has 2 rings (SSSR count). The molecule has 3 nitrogen and oxygen atoms in total. The molecule has 18 heavy (non-hydrogen) atoms.